The zero-order valence-corrected chi connectivity index (χ0v) is 16.8. The molecule has 0 aliphatic carbocycles. The van der Waals surface area contributed by atoms with Gasteiger partial charge in [0.1, 0.15) is 30.9 Å². The maximum atomic E-state index is 13.5. The first kappa shape index (κ1) is 23.4. The molecule has 1 aliphatic heterocycles. The van der Waals surface area contributed by atoms with Gasteiger partial charge in [0.25, 0.3) is 0 Å². The van der Waals surface area contributed by atoms with Crippen LogP contribution in [0.3, 0.4) is 0 Å². The molecule has 0 amide bonds. The lowest BCUT2D eigenvalue weighted by Crippen LogP contribution is -2.36. The van der Waals surface area contributed by atoms with Gasteiger partial charge in [-0.2, -0.15) is 18.2 Å². The van der Waals surface area contributed by atoms with E-state index in [9.17, 15) is 31.9 Å². The van der Waals surface area contributed by atoms with Crippen LogP contribution in [0.15, 0.2) is 11.0 Å². The van der Waals surface area contributed by atoms with Gasteiger partial charge in [-0.25, -0.2) is 18.7 Å². The molecule has 32 heavy (non-hydrogen) atoms. The van der Waals surface area contributed by atoms with Crippen molar-refractivity contribution in [2.45, 2.75) is 57.5 Å². The number of imidazole rings is 1. The summed E-state index contributed by atoms with van der Waals surface area (Å²) in [4.78, 5) is 43.3. The zero-order valence-electron chi connectivity index (χ0n) is 16.8. The van der Waals surface area contributed by atoms with Gasteiger partial charge in [-0.05, 0) is 0 Å². The minimum Gasteiger partial charge on any atom is -0.458 e. The molecule has 0 bridgehead atoms. The third-order valence-electron chi connectivity index (χ3n) is 4.61. The molecule has 11 nitrogen and oxygen atoms in total. The fraction of sp³-hybridized carbons (Fsp3) is 0.588. The lowest BCUT2D eigenvalue weighted by atomic mass is 10.1. The summed E-state index contributed by atoms with van der Waals surface area (Å²) in [6, 6.07) is 0. The van der Waals surface area contributed by atoms with E-state index < -0.39 is 61.6 Å². The van der Waals surface area contributed by atoms with E-state index in [0.29, 0.717) is 4.57 Å². The molecular weight excluding hydrogens is 446 g/mol. The van der Waals surface area contributed by atoms with Crippen LogP contribution in [0, 0.1) is 0 Å². The number of carbonyl (C=O) groups is 2. The van der Waals surface area contributed by atoms with Crippen molar-refractivity contribution in [1.82, 2.24) is 19.1 Å². The largest absolute Gasteiger partial charge is 0.458 e. The number of hydrogen-bond donors (Lipinski definition) is 1. The number of esters is 2. The fourth-order valence-corrected chi connectivity index (χ4v) is 3.51. The second kappa shape index (κ2) is 8.72. The number of hydrogen-bond acceptors (Lipinski definition) is 9. The Morgan fingerprint density at radius 3 is 2.59 bits per heavy atom. The number of carbonyl (C=O) groups excluding carboxylic acids is 2. The summed E-state index contributed by atoms with van der Waals surface area (Å²) in [5.74, 6) is -1.92. The quantitative estimate of drug-likeness (QED) is 0.486. The van der Waals surface area contributed by atoms with Crippen molar-refractivity contribution in [2.75, 3.05) is 12.4 Å². The van der Waals surface area contributed by atoms with E-state index in [-0.39, 0.29) is 23.5 Å². The third kappa shape index (κ3) is 4.81. The molecule has 0 saturated carbocycles. The number of alkyl halides is 4. The average Bonchev–Trinajstić information content (AvgIpc) is 3.16. The smallest absolute Gasteiger partial charge is 0.406 e. The summed E-state index contributed by atoms with van der Waals surface area (Å²) in [7, 11) is 0. The van der Waals surface area contributed by atoms with Crippen LogP contribution in [-0.4, -0.2) is 62.2 Å². The summed E-state index contributed by atoms with van der Waals surface area (Å²) < 4.78 is 69.5. The Morgan fingerprint density at radius 1 is 1.34 bits per heavy atom. The molecule has 4 atom stereocenters. The molecule has 15 heteroatoms. The molecule has 2 aromatic rings. The molecule has 1 saturated heterocycles. The SMILES string of the molecule is CC(=O)OC1CC([C@H](CF)OC(C)=O)OC1n1c(=O)n(CC(F)(F)F)c2cnc(N)nc21. The van der Waals surface area contributed by atoms with Crippen LogP contribution in [-0.2, 0) is 30.3 Å². The monoisotopic (exact) mass is 465 g/mol. The van der Waals surface area contributed by atoms with E-state index in [1.54, 1.807) is 0 Å². The van der Waals surface area contributed by atoms with Crippen molar-refractivity contribution >= 4 is 29.1 Å². The van der Waals surface area contributed by atoms with Gasteiger partial charge in [-0.3, -0.25) is 14.2 Å². The van der Waals surface area contributed by atoms with Crippen LogP contribution in [0.1, 0.15) is 26.5 Å². The highest BCUT2D eigenvalue weighted by Gasteiger charge is 2.45. The highest BCUT2D eigenvalue weighted by molar-refractivity contribution is 5.72. The number of anilines is 1. The topological polar surface area (TPSA) is 141 Å². The van der Waals surface area contributed by atoms with Crippen molar-refractivity contribution in [3.05, 3.63) is 16.7 Å². The molecule has 0 radical (unpaired) electrons. The molecule has 0 aromatic carbocycles. The number of nitrogen functional groups attached to an aromatic ring is 1. The Labute approximate surface area is 177 Å². The van der Waals surface area contributed by atoms with E-state index >= 15 is 0 Å². The summed E-state index contributed by atoms with van der Waals surface area (Å²) in [5.41, 5.74) is 3.75. The van der Waals surface area contributed by atoms with Crippen molar-refractivity contribution in [3.8, 4) is 0 Å². The van der Waals surface area contributed by atoms with Crippen molar-refractivity contribution in [1.29, 1.82) is 0 Å². The van der Waals surface area contributed by atoms with Gasteiger partial charge < -0.3 is 19.9 Å². The van der Waals surface area contributed by atoms with Crippen LogP contribution in [0.25, 0.3) is 11.2 Å². The standard InChI is InChI=1S/C17H19F4N5O6/c1-7(27)30-11-3-10(12(4-18)31-8(2)28)32-14(11)26-13-9(5-23-15(22)24-13)25(16(26)29)6-17(19,20)21/h5,10-12,14H,3-4,6H2,1-2H3,(H2,22,23,24)/t10?,11?,12-,14?/m0/s1. The Kier molecular flexibility index (Phi) is 6.39. The second-order valence-corrected chi connectivity index (χ2v) is 7.04. The first-order valence-electron chi connectivity index (χ1n) is 9.27. The average molecular weight is 465 g/mol. The predicted molar refractivity (Wildman–Crippen MR) is 97.9 cm³/mol. The first-order valence-corrected chi connectivity index (χ1v) is 9.27. The third-order valence-corrected chi connectivity index (χ3v) is 4.61. The molecule has 0 spiro atoms. The normalized spacial score (nSPS) is 22.1. The van der Waals surface area contributed by atoms with Crippen LogP contribution < -0.4 is 11.4 Å². The lowest BCUT2D eigenvalue weighted by molar-refractivity contribution is -0.159. The van der Waals surface area contributed by atoms with Gasteiger partial charge in [0, 0.05) is 20.3 Å². The summed E-state index contributed by atoms with van der Waals surface area (Å²) in [6.45, 7) is -0.687. The van der Waals surface area contributed by atoms with Gasteiger partial charge in [0.05, 0.1) is 6.20 Å². The summed E-state index contributed by atoms with van der Waals surface area (Å²) in [5, 5.41) is 0. The number of rotatable bonds is 6. The van der Waals surface area contributed by atoms with Crippen LogP contribution in [0.2, 0.25) is 0 Å². The Morgan fingerprint density at radius 2 is 2.03 bits per heavy atom. The summed E-state index contributed by atoms with van der Waals surface area (Å²) in [6.07, 6.45) is -9.29. The Hall–Kier alpha value is -3.23. The molecule has 3 rings (SSSR count). The molecule has 3 heterocycles. The van der Waals surface area contributed by atoms with E-state index in [4.69, 9.17) is 19.9 Å². The van der Waals surface area contributed by atoms with Gasteiger partial charge in [0.15, 0.2) is 18.0 Å². The molecule has 2 aromatic heterocycles. The highest BCUT2D eigenvalue weighted by Crippen LogP contribution is 2.35. The van der Waals surface area contributed by atoms with E-state index in [1.165, 1.54) is 0 Å². The zero-order chi connectivity index (χ0) is 23.8. The Balaban J connectivity index is 2.12. The number of aromatic nitrogens is 4. The Bertz CT molecular complexity index is 1080. The number of nitrogens with two attached hydrogens (primary N) is 1. The number of fused-ring (bicyclic) bond motifs is 1. The van der Waals surface area contributed by atoms with Gasteiger partial charge in [-0.15, -0.1) is 0 Å². The number of nitrogens with zero attached hydrogens (tertiary/aromatic N) is 4. The van der Waals surface area contributed by atoms with Crippen molar-refractivity contribution < 1.29 is 41.4 Å². The predicted octanol–water partition coefficient (Wildman–Crippen LogP) is 0.858. The van der Waals surface area contributed by atoms with E-state index in [1.807, 2.05) is 0 Å². The minimum absolute atomic E-state index is 0.203. The second-order valence-electron chi connectivity index (χ2n) is 7.04. The maximum Gasteiger partial charge on any atom is 0.406 e. The van der Waals surface area contributed by atoms with Crippen LogP contribution in [0.5, 0.6) is 0 Å². The molecule has 1 aliphatic rings. The van der Waals surface area contributed by atoms with Gasteiger partial charge in [-0.1, -0.05) is 0 Å². The molecular formula is C17H19F4N5O6. The number of ether oxygens (including phenoxy) is 3. The van der Waals surface area contributed by atoms with E-state index in [0.717, 1.165) is 24.6 Å². The molecule has 1 fully saturated rings. The molecule has 2 N–H and O–H groups in total. The van der Waals surface area contributed by atoms with E-state index in [2.05, 4.69) is 9.97 Å². The first-order chi connectivity index (χ1) is 14.9. The van der Waals surface area contributed by atoms with Gasteiger partial charge in [0.2, 0.25) is 5.95 Å². The van der Waals surface area contributed by atoms with Crippen LogP contribution >= 0.6 is 0 Å². The maximum absolute atomic E-state index is 13.5. The fourth-order valence-electron chi connectivity index (χ4n) is 3.51. The number of halogens is 4. The van der Waals surface area contributed by atoms with Gasteiger partial charge >= 0.3 is 23.8 Å². The molecule has 176 valence electrons. The molecule has 3 unspecified atom stereocenters. The summed E-state index contributed by atoms with van der Waals surface area (Å²) >= 11 is 0. The van der Waals surface area contributed by atoms with Crippen molar-refractivity contribution in [3.63, 3.8) is 0 Å². The minimum atomic E-state index is -4.76. The van der Waals surface area contributed by atoms with Crippen LogP contribution in [0.4, 0.5) is 23.5 Å². The highest BCUT2D eigenvalue weighted by atomic mass is 19.4. The lowest BCUT2D eigenvalue weighted by Gasteiger charge is -2.21. The van der Waals surface area contributed by atoms with Crippen molar-refractivity contribution in [2.24, 2.45) is 0 Å².